The van der Waals surface area contributed by atoms with E-state index in [-0.39, 0.29) is 36.1 Å². The summed E-state index contributed by atoms with van der Waals surface area (Å²) in [6.45, 7) is 4.59. The summed E-state index contributed by atoms with van der Waals surface area (Å²) in [5.74, 6) is 0.944. The Morgan fingerprint density at radius 3 is 3.06 bits per heavy atom. The highest BCUT2D eigenvalue weighted by Gasteiger charge is 2.35. The summed E-state index contributed by atoms with van der Waals surface area (Å²) >= 11 is 0. The molecule has 5 rings (SSSR count). The van der Waals surface area contributed by atoms with Gasteiger partial charge in [0.2, 0.25) is 5.91 Å². The van der Waals surface area contributed by atoms with Crippen LogP contribution in [0.2, 0.25) is 0 Å². The van der Waals surface area contributed by atoms with Crippen molar-refractivity contribution in [3.63, 3.8) is 0 Å². The molecule has 4 atom stereocenters. The van der Waals surface area contributed by atoms with Crippen molar-refractivity contribution in [3.8, 4) is 5.75 Å². The number of fused-ring (bicyclic) bond motifs is 1. The van der Waals surface area contributed by atoms with E-state index in [1.54, 1.807) is 6.34 Å². The molecule has 174 valence electrons. The number of aromatic nitrogens is 2. The third-order valence-corrected chi connectivity index (χ3v) is 6.46. The molecule has 3 heterocycles. The number of H-pyrrole nitrogens is 1. The van der Waals surface area contributed by atoms with Gasteiger partial charge >= 0.3 is 0 Å². The number of nitrogens with one attached hydrogen (secondary N) is 3. The van der Waals surface area contributed by atoms with E-state index in [4.69, 9.17) is 4.74 Å². The summed E-state index contributed by atoms with van der Waals surface area (Å²) in [6, 6.07) is 5.97. The zero-order valence-electron chi connectivity index (χ0n) is 19.1. The number of carbonyl (C=O) groups is 1. The molecule has 2 aliphatic heterocycles. The number of aliphatic imine (C=N–C) groups is 2. The van der Waals surface area contributed by atoms with Crippen LogP contribution in [0.5, 0.6) is 5.75 Å². The monoisotopic (exact) mass is 449 g/mol. The normalized spacial score (nSPS) is 27.2. The first-order valence-corrected chi connectivity index (χ1v) is 11.7. The fourth-order valence-electron chi connectivity index (χ4n) is 4.90. The SMILES string of the molecule is CC(C)Oc1ccc2n[nH]c(C3CC=NC(NC(=O)C4CCC=CC4N4CN=CN4)C3)c2c1. The number of aromatic amines is 1. The summed E-state index contributed by atoms with van der Waals surface area (Å²) < 4.78 is 5.88. The molecule has 1 aliphatic carbocycles. The van der Waals surface area contributed by atoms with Crippen LogP contribution < -0.4 is 15.5 Å². The van der Waals surface area contributed by atoms with Crippen LogP contribution in [0.1, 0.15) is 51.1 Å². The smallest absolute Gasteiger partial charge is 0.226 e. The number of hydrogen-bond donors (Lipinski definition) is 3. The Morgan fingerprint density at radius 2 is 2.24 bits per heavy atom. The van der Waals surface area contributed by atoms with Crippen molar-refractivity contribution in [3.05, 3.63) is 36.0 Å². The molecule has 1 aromatic carbocycles. The summed E-state index contributed by atoms with van der Waals surface area (Å²) in [4.78, 5) is 22.0. The van der Waals surface area contributed by atoms with E-state index in [1.807, 2.05) is 37.2 Å². The van der Waals surface area contributed by atoms with Crippen molar-refractivity contribution in [1.29, 1.82) is 0 Å². The highest BCUT2D eigenvalue weighted by molar-refractivity contribution is 5.84. The summed E-state index contributed by atoms with van der Waals surface area (Å²) in [7, 11) is 0. The van der Waals surface area contributed by atoms with E-state index in [1.165, 1.54) is 0 Å². The number of ether oxygens (including phenoxy) is 1. The van der Waals surface area contributed by atoms with E-state index in [0.717, 1.165) is 48.0 Å². The van der Waals surface area contributed by atoms with Crippen LogP contribution in [-0.2, 0) is 4.79 Å². The number of allylic oxidation sites excluding steroid dienone is 1. The van der Waals surface area contributed by atoms with Gasteiger partial charge in [-0.1, -0.05) is 12.2 Å². The highest BCUT2D eigenvalue weighted by Crippen LogP contribution is 2.33. The average molecular weight is 450 g/mol. The Labute approximate surface area is 193 Å². The molecular weight excluding hydrogens is 418 g/mol. The molecule has 2 aromatic rings. The largest absolute Gasteiger partial charge is 0.491 e. The third-order valence-electron chi connectivity index (χ3n) is 6.46. The maximum atomic E-state index is 13.2. The molecule has 3 aliphatic rings. The number of nitrogens with zero attached hydrogens (tertiary/aromatic N) is 4. The standard InChI is InChI=1S/C24H31N7O2/c1-15(2)33-17-7-8-20-19(12-17)23(30-29-20)16-9-10-26-22(11-16)28-24(32)18-5-3-4-6-21(18)31-14-25-13-27-31/h4,6-8,10,12-13,15-16,18,21-22H,3,5,9,11,14H2,1-2H3,(H,25,27)(H,28,32)(H,29,30). The Balaban J connectivity index is 1.28. The molecule has 9 heteroatoms. The van der Waals surface area contributed by atoms with E-state index in [2.05, 4.69) is 49.1 Å². The van der Waals surface area contributed by atoms with Gasteiger partial charge in [-0.2, -0.15) is 10.1 Å². The Morgan fingerprint density at radius 1 is 1.33 bits per heavy atom. The van der Waals surface area contributed by atoms with Crippen LogP contribution in [0, 0.1) is 5.92 Å². The molecule has 1 amide bonds. The molecule has 0 fully saturated rings. The molecular formula is C24H31N7O2. The second-order valence-electron chi connectivity index (χ2n) is 9.16. The van der Waals surface area contributed by atoms with Crippen molar-refractivity contribution in [2.24, 2.45) is 15.9 Å². The van der Waals surface area contributed by atoms with Crippen LogP contribution >= 0.6 is 0 Å². The van der Waals surface area contributed by atoms with Gasteiger partial charge in [0.05, 0.1) is 29.9 Å². The van der Waals surface area contributed by atoms with Gasteiger partial charge in [-0.05, 0) is 57.7 Å². The van der Waals surface area contributed by atoms with Gasteiger partial charge in [-0.3, -0.25) is 19.9 Å². The lowest BCUT2D eigenvalue weighted by Crippen LogP contribution is -2.51. The van der Waals surface area contributed by atoms with Crippen molar-refractivity contribution in [1.82, 2.24) is 25.9 Å². The number of hydrogen-bond acceptors (Lipinski definition) is 7. The van der Waals surface area contributed by atoms with Gasteiger partial charge in [-0.15, -0.1) is 0 Å². The number of rotatable bonds is 6. The maximum Gasteiger partial charge on any atom is 0.226 e. The van der Waals surface area contributed by atoms with E-state index >= 15 is 0 Å². The molecule has 0 bridgehead atoms. The van der Waals surface area contributed by atoms with Crippen molar-refractivity contribution >= 4 is 29.4 Å². The topological polar surface area (TPSA) is 107 Å². The minimum absolute atomic E-state index is 0.0134. The van der Waals surface area contributed by atoms with Crippen LogP contribution in [0.15, 0.2) is 40.3 Å². The molecule has 0 spiro atoms. The second-order valence-corrected chi connectivity index (χ2v) is 9.16. The van der Waals surface area contributed by atoms with Crippen LogP contribution in [0.4, 0.5) is 0 Å². The number of amides is 1. The Hall–Kier alpha value is -3.20. The van der Waals surface area contributed by atoms with Gasteiger partial charge < -0.3 is 15.5 Å². The lowest BCUT2D eigenvalue weighted by molar-refractivity contribution is -0.128. The van der Waals surface area contributed by atoms with Gasteiger partial charge in [0.1, 0.15) is 18.6 Å². The van der Waals surface area contributed by atoms with Gasteiger partial charge in [0, 0.05) is 23.2 Å². The predicted octanol–water partition coefficient (Wildman–Crippen LogP) is 2.88. The third kappa shape index (κ3) is 4.64. The Bertz CT molecular complexity index is 1080. The van der Waals surface area contributed by atoms with E-state index in [9.17, 15) is 4.79 Å². The molecule has 0 saturated heterocycles. The van der Waals surface area contributed by atoms with E-state index in [0.29, 0.717) is 6.67 Å². The molecule has 1 aromatic heterocycles. The zero-order valence-corrected chi connectivity index (χ0v) is 19.1. The fraction of sp³-hybridized carbons (Fsp3) is 0.500. The Kier molecular flexibility index (Phi) is 6.13. The van der Waals surface area contributed by atoms with Gasteiger partial charge in [0.15, 0.2) is 0 Å². The quantitative estimate of drug-likeness (QED) is 0.588. The number of hydrazine groups is 1. The predicted molar refractivity (Wildman–Crippen MR) is 128 cm³/mol. The van der Waals surface area contributed by atoms with Crippen molar-refractivity contribution < 1.29 is 9.53 Å². The molecule has 3 N–H and O–H groups in total. The molecule has 33 heavy (non-hydrogen) atoms. The lowest BCUT2D eigenvalue weighted by Gasteiger charge is -2.34. The summed E-state index contributed by atoms with van der Waals surface area (Å²) in [6.07, 6.45) is 11.0. The molecule has 0 radical (unpaired) electrons. The highest BCUT2D eigenvalue weighted by atomic mass is 16.5. The average Bonchev–Trinajstić information content (AvgIpc) is 3.49. The van der Waals surface area contributed by atoms with Crippen LogP contribution in [0.25, 0.3) is 10.9 Å². The number of carbonyl (C=O) groups excluding carboxylic acids is 1. The lowest BCUT2D eigenvalue weighted by atomic mass is 9.87. The van der Waals surface area contributed by atoms with Crippen molar-refractivity contribution in [2.75, 3.05) is 6.67 Å². The molecule has 0 saturated carbocycles. The molecule has 9 nitrogen and oxygen atoms in total. The first-order valence-electron chi connectivity index (χ1n) is 11.7. The number of benzene rings is 1. The first kappa shape index (κ1) is 21.6. The summed E-state index contributed by atoms with van der Waals surface area (Å²) in [5.41, 5.74) is 5.12. The first-order chi connectivity index (χ1) is 16.1. The van der Waals surface area contributed by atoms with Crippen molar-refractivity contribution in [2.45, 2.75) is 63.8 Å². The zero-order chi connectivity index (χ0) is 22.8. The van der Waals surface area contributed by atoms with Crippen LogP contribution in [0.3, 0.4) is 0 Å². The van der Waals surface area contributed by atoms with E-state index < -0.39 is 0 Å². The molecule has 4 unspecified atom stereocenters. The minimum atomic E-state index is -0.251. The fourth-order valence-corrected chi connectivity index (χ4v) is 4.90. The van der Waals surface area contributed by atoms with Crippen LogP contribution in [-0.4, -0.2) is 58.6 Å². The second kappa shape index (κ2) is 9.35. The summed E-state index contributed by atoms with van der Waals surface area (Å²) in [5, 5.41) is 14.0. The van der Waals surface area contributed by atoms with Gasteiger partial charge in [-0.25, -0.2) is 0 Å². The van der Waals surface area contributed by atoms with Gasteiger partial charge in [0.25, 0.3) is 0 Å². The minimum Gasteiger partial charge on any atom is -0.491 e. The maximum absolute atomic E-state index is 13.2.